The number of nitrogens with zero attached hydrogens (tertiary/aromatic N) is 1. The molecule has 1 aliphatic rings. The molecule has 0 saturated carbocycles. The Hall–Kier alpha value is -4.48. The van der Waals surface area contributed by atoms with Gasteiger partial charge in [0.1, 0.15) is 18.6 Å². The fraction of sp³-hybridized carbons (Fsp3) is 0.500. The van der Waals surface area contributed by atoms with Crippen molar-refractivity contribution in [2.45, 2.75) is 72.6 Å². The molecule has 2 aromatic rings. The molecule has 12 heteroatoms. The Balaban J connectivity index is 1.89. The van der Waals surface area contributed by atoms with Crippen LogP contribution in [-0.2, 0) is 39.8 Å². The Morgan fingerprint density at radius 3 is 2.36 bits per heavy atom. The summed E-state index contributed by atoms with van der Waals surface area (Å²) < 4.78 is 27.6. The molecular weight excluding hydrogens is 572 g/mol. The number of ether oxygens (including phenoxy) is 5. The highest BCUT2D eigenvalue weighted by molar-refractivity contribution is 5.99. The first-order valence-electron chi connectivity index (χ1n) is 14.4. The number of cyclic esters (lactones) is 2. The first-order valence-corrected chi connectivity index (χ1v) is 14.4. The first kappa shape index (κ1) is 34.0. The van der Waals surface area contributed by atoms with Crippen molar-refractivity contribution in [3.05, 3.63) is 53.9 Å². The van der Waals surface area contributed by atoms with Crippen LogP contribution in [0.5, 0.6) is 11.5 Å². The van der Waals surface area contributed by atoms with Crippen LogP contribution in [0.1, 0.15) is 64.0 Å². The van der Waals surface area contributed by atoms with Crippen LogP contribution in [0.2, 0.25) is 0 Å². The van der Waals surface area contributed by atoms with Crippen LogP contribution in [0, 0.1) is 17.3 Å². The van der Waals surface area contributed by atoms with Gasteiger partial charge in [0.05, 0.1) is 19.4 Å². The van der Waals surface area contributed by atoms with Crippen LogP contribution in [0.4, 0.5) is 0 Å². The van der Waals surface area contributed by atoms with Gasteiger partial charge in [-0.3, -0.25) is 19.2 Å². The van der Waals surface area contributed by atoms with Crippen molar-refractivity contribution in [3.63, 3.8) is 0 Å². The fourth-order valence-electron chi connectivity index (χ4n) is 4.41. The zero-order valence-corrected chi connectivity index (χ0v) is 26.1. The normalized spacial score (nSPS) is 20.7. The van der Waals surface area contributed by atoms with E-state index >= 15 is 0 Å². The predicted molar refractivity (Wildman–Crippen MR) is 157 cm³/mol. The van der Waals surface area contributed by atoms with Gasteiger partial charge in [0, 0.05) is 12.3 Å². The summed E-state index contributed by atoms with van der Waals surface area (Å²) in [7, 11) is 1.34. The molecule has 238 valence electrons. The molecule has 3 rings (SSSR count). The molecule has 44 heavy (non-hydrogen) atoms. The zero-order chi connectivity index (χ0) is 32.6. The van der Waals surface area contributed by atoms with Crippen molar-refractivity contribution in [2.24, 2.45) is 17.3 Å². The van der Waals surface area contributed by atoms with E-state index in [1.165, 1.54) is 26.3 Å². The average Bonchev–Trinajstić information content (AvgIpc) is 2.98. The molecule has 1 aliphatic heterocycles. The summed E-state index contributed by atoms with van der Waals surface area (Å²) in [6.07, 6.45) is -0.772. The smallest absolute Gasteiger partial charge is 0.332 e. The lowest BCUT2D eigenvalue weighted by molar-refractivity contribution is -0.176. The van der Waals surface area contributed by atoms with Gasteiger partial charge < -0.3 is 29.0 Å². The Labute approximate surface area is 256 Å². The topological polar surface area (TPSA) is 156 Å². The van der Waals surface area contributed by atoms with Crippen molar-refractivity contribution in [3.8, 4) is 11.5 Å². The van der Waals surface area contributed by atoms with E-state index in [2.05, 4.69) is 10.3 Å². The van der Waals surface area contributed by atoms with Crippen LogP contribution >= 0.6 is 0 Å². The number of pyridine rings is 1. The Morgan fingerprint density at radius 2 is 1.75 bits per heavy atom. The monoisotopic (exact) mass is 612 g/mol. The van der Waals surface area contributed by atoms with Crippen molar-refractivity contribution in [1.29, 1.82) is 0 Å². The van der Waals surface area contributed by atoms with Gasteiger partial charge in [-0.25, -0.2) is 9.78 Å². The molecule has 2 heterocycles. The number of hydrogen-bond donors (Lipinski definition) is 1. The van der Waals surface area contributed by atoms with Gasteiger partial charge in [0.2, 0.25) is 5.75 Å². The van der Waals surface area contributed by atoms with E-state index in [1.54, 1.807) is 26.0 Å². The molecule has 1 aromatic carbocycles. The van der Waals surface area contributed by atoms with E-state index in [9.17, 15) is 24.0 Å². The van der Waals surface area contributed by atoms with Gasteiger partial charge in [-0.05, 0) is 24.3 Å². The lowest BCUT2D eigenvalue weighted by Gasteiger charge is -2.29. The number of aromatic nitrogens is 1. The molecule has 0 spiro atoms. The van der Waals surface area contributed by atoms with E-state index < -0.39 is 71.9 Å². The van der Waals surface area contributed by atoms with E-state index in [0.29, 0.717) is 0 Å². The molecule has 0 unspecified atom stereocenters. The second kappa shape index (κ2) is 14.8. The molecule has 1 amide bonds. The number of rotatable bonds is 9. The summed E-state index contributed by atoms with van der Waals surface area (Å²) >= 11 is 0. The van der Waals surface area contributed by atoms with Crippen LogP contribution in [-0.4, -0.2) is 66.7 Å². The third kappa shape index (κ3) is 9.26. The highest BCUT2D eigenvalue weighted by Gasteiger charge is 2.42. The average molecular weight is 613 g/mol. The molecule has 12 nitrogen and oxygen atoms in total. The van der Waals surface area contributed by atoms with Gasteiger partial charge >= 0.3 is 23.9 Å². The molecular formula is C32H40N2O10. The van der Waals surface area contributed by atoms with Crippen LogP contribution < -0.4 is 14.8 Å². The largest absolute Gasteiger partial charge is 0.493 e. The molecule has 0 aliphatic carbocycles. The summed E-state index contributed by atoms with van der Waals surface area (Å²) in [4.78, 5) is 69.4. The van der Waals surface area contributed by atoms with Crippen molar-refractivity contribution in [1.82, 2.24) is 10.3 Å². The van der Waals surface area contributed by atoms with Gasteiger partial charge in [0.15, 0.2) is 23.6 Å². The SMILES string of the molecule is COc1ccnc(C(=O)N[C@H]2COC(=O)[C@H](Cc3ccccc3)[C@@H](OC(=O)C(C)C)[C@H](C)OC2=O)c1OC(=O)CC(C)(C)C. The molecule has 4 atom stereocenters. The van der Waals surface area contributed by atoms with E-state index in [-0.39, 0.29) is 30.0 Å². The van der Waals surface area contributed by atoms with E-state index in [4.69, 9.17) is 23.7 Å². The number of nitrogens with one attached hydrogen (secondary N) is 1. The fourth-order valence-corrected chi connectivity index (χ4v) is 4.41. The van der Waals surface area contributed by atoms with Crippen molar-refractivity contribution in [2.75, 3.05) is 13.7 Å². The predicted octanol–water partition coefficient (Wildman–Crippen LogP) is 3.45. The second-order valence-electron chi connectivity index (χ2n) is 12.1. The lowest BCUT2D eigenvalue weighted by Crippen LogP contribution is -2.47. The highest BCUT2D eigenvalue weighted by Crippen LogP contribution is 2.31. The zero-order valence-electron chi connectivity index (χ0n) is 26.1. The minimum absolute atomic E-state index is 0.0433. The number of benzene rings is 1. The van der Waals surface area contributed by atoms with Crippen LogP contribution in [0.15, 0.2) is 42.6 Å². The van der Waals surface area contributed by atoms with Crippen molar-refractivity contribution < 1.29 is 47.7 Å². The Morgan fingerprint density at radius 1 is 1.07 bits per heavy atom. The first-order chi connectivity index (χ1) is 20.7. The number of carbonyl (C=O) groups excluding carboxylic acids is 5. The highest BCUT2D eigenvalue weighted by atomic mass is 16.6. The maximum absolute atomic E-state index is 13.4. The Bertz CT molecular complexity index is 1350. The number of amides is 1. The maximum atomic E-state index is 13.4. The summed E-state index contributed by atoms with van der Waals surface area (Å²) in [6.45, 7) is 9.78. The Kier molecular flexibility index (Phi) is 11.4. The van der Waals surface area contributed by atoms with Gasteiger partial charge in [-0.2, -0.15) is 0 Å². The van der Waals surface area contributed by atoms with Gasteiger partial charge in [-0.1, -0.05) is 65.0 Å². The standard InChI is InChI=1S/C32H40N2O10/c1-18(2)29(37)44-26-19(3)42-31(39)22(17-41-30(38)21(26)15-20-11-9-8-10-12-20)34-28(36)25-27(23(40-7)13-14-33-25)43-24(35)16-32(4,5)6/h8-14,18-19,21-22,26H,15-17H2,1-7H3,(H,34,36)/t19-,21+,22-,26-/m0/s1. The maximum Gasteiger partial charge on any atom is 0.332 e. The quantitative estimate of drug-likeness (QED) is 0.327. The summed E-state index contributed by atoms with van der Waals surface area (Å²) in [5.74, 6) is -5.44. The van der Waals surface area contributed by atoms with Crippen molar-refractivity contribution >= 4 is 29.8 Å². The molecule has 1 saturated heterocycles. The number of methoxy groups -OCH3 is 1. The molecule has 0 radical (unpaired) electrons. The summed E-state index contributed by atoms with van der Waals surface area (Å²) in [5, 5.41) is 2.47. The minimum Gasteiger partial charge on any atom is -0.493 e. The summed E-state index contributed by atoms with van der Waals surface area (Å²) in [6, 6.07) is 9.02. The number of carbonyl (C=O) groups is 5. The number of hydrogen-bond acceptors (Lipinski definition) is 11. The van der Waals surface area contributed by atoms with Gasteiger partial charge in [0.25, 0.3) is 5.91 Å². The third-order valence-corrected chi connectivity index (χ3v) is 6.66. The van der Waals surface area contributed by atoms with Gasteiger partial charge in [-0.15, -0.1) is 0 Å². The van der Waals surface area contributed by atoms with Crippen LogP contribution in [0.25, 0.3) is 0 Å². The molecule has 1 fully saturated rings. The summed E-state index contributed by atoms with van der Waals surface area (Å²) in [5.41, 5.74) is 0.0563. The lowest BCUT2D eigenvalue weighted by atomic mass is 9.91. The van der Waals surface area contributed by atoms with E-state index in [0.717, 1.165) is 5.56 Å². The van der Waals surface area contributed by atoms with Crippen LogP contribution in [0.3, 0.4) is 0 Å². The minimum atomic E-state index is -1.46. The molecule has 1 N–H and O–H groups in total. The van der Waals surface area contributed by atoms with E-state index in [1.807, 2.05) is 39.0 Å². The third-order valence-electron chi connectivity index (χ3n) is 6.66. The number of esters is 4. The molecule has 1 aromatic heterocycles. The second-order valence-corrected chi connectivity index (χ2v) is 12.1. The molecule has 0 bridgehead atoms.